The van der Waals surface area contributed by atoms with Crippen molar-refractivity contribution < 1.29 is 20.4 Å². The highest BCUT2D eigenvalue weighted by atomic mass is 16.3. The minimum Gasteiger partial charge on any atom is -0.508 e. The zero-order valence-electron chi connectivity index (χ0n) is 12.5. The molecule has 2 aromatic carbocycles. The third-order valence-corrected chi connectivity index (χ3v) is 2.37. The maximum Gasteiger partial charge on any atom is 0.115 e. The summed E-state index contributed by atoms with van der Waals surface area (Å²) in [5, 5.41) is 34.1. The van der Waals surface area contributed by atoms with Gasteiger partial charge in [-0.25, -0.2) is 0 Å². The normalized spacial score (nSPS) is 9.71. The molecule has 0 spiro atoms. The molecule has 2 aromatic rings. The van der Waals surface area contributed by atoms with Crippen LogP contribution in [0.1, 0.15) is 13.8 Å². The number of benzene rings is 2. The zero-order chi connectivity index (χ0) is 16.1. The summed E-state index contributed by atoms with van der Waals surface area (Å²) < 4.78 is 0. The number of para-hydroxylation sites is 2. The highest BCUT2D eigenvalue weighted by molar-refractivity contribution is 5.19. The van der Waals surface area contributed by atoms with Crippen molar-refractivity contribution >= 4 is 0 Å². The van der Waals surface area contributed by atoms with Crippen LogP contribution in [0.15, 0.2) is 60.7 Å². The number of aliphatic hydroxyl groups excluding tert-OH is 2. The summed E-state index contributed by atoms with van der Waals surface area (Å²) in [7, 11) is 0. The van der Waals surface area contributed by atoms with Crippen molar-refractivity contribution in [3.05, 3.63) is 60.7 Å². The van der Waals surface area contributed by atoms with E-state index in [0.29, 0.717) is 11.5 Å². The number of hydrogen-bond donors (Lipinski definition) is 4. The highest BCUT2D eigenvalue weighted by Gasteiger charge is 2.13. The third-order valence-electron chi connectivity index (χ3n) is 2.37. The van der Waals surface area contributed by atoms with E-state index < -0.39 is 0 Å². The van der Waals surface area contributed by atoms with Crippen LogP contribution in [0.2, 0.25) is 0 Å². The van der Waals surface area contributed by atoms with Crippen molar-refractivity contribution in [2.75, 3.05) is 13.2 Å². The van der Waals surface area contributed by atoms with Crippen LogP contribution in [-0.4, -0.2) is 33.6 Å². The molecule has 4 heteroatoms. The largest absolute Gasteiger partial charge is 0.508 e. The minimum atomic E-state index is -0.306. The van der Waals surface area contributed by atoms with Crippen LogP contribution in [0.4, 0.5) is 0 Å². The van der Waals surface area contributed by atoms with Gasteiger partial charge in [-0.1, -0.05) is 50.2 Å². The quantitative estimate of drug-likeness (QED) is 0.686. The fourth-order valence-electron chi connectivity index (χ4n) is 0.906. The van der Waals surface area contributed by atoms with Crippen molar-refractivity contribution in [2.24, 2.45) is 5.41 Å². The average Bonchev–Trinajstić information content (AvgIpc) is 2.50. The first kappa shape index (κ1) is 19.0. The zero-order valence-corrected chi connectivity index (χ0v) is 12.5. The Morgan fingerprint density at radius 3 is 1.05 bits per heavy atom. The van der Waals surface area contributed by atoms with Crippen LogP contribution in [0.3, 0.4) is 0 Å². The molecule has 116 valence electrons. The highest BCUT2D eigenvalue weighted by Crippen LogP contribution is 2.10. The molecule has 0 amide bonds. The van der Waals surface area contributed by atoms with E-state index >= 15 is 0 Å². The molecule has 0 radical (unpaired) electrons. The molecule has 0 aliphatic carbocycles. The first-order valence-electron chi connectivity index (χ1n) is 6.61. The van der Waals surface area contributed by atoms with Gasteiger partial charge in [-0.15, -0.1) is 0 Å². The number of phenolic OH excluding ortho intramolecular Hbond substituents is 2. The first-order valence-corrected chi connectivity index (χ1v) is 6.61. The lowest BCUT2D eigenvalue weighted by Gasteiger charge is -2.16. The fourth-order valence-corrected chi connectivity index (χ4v) is 0.906. The van der Waals surface area contributed by atoms with Crippen LogP contribution in [0, 0.1) is 5.41 Å². The SMILES string of the molecule is CC(C)(CO)CO.Oc1ccccc1.Oc1ccccc1. The summed E-state index contributed by atoms with van der Waals surface area (Å²) >= 11 is 0. The molecule has 0 aliphatic rings. The lowest BCUT2D eigenvalue weighted by Crippen LogP contribution is -2.20. The standard InChI is InChI=1S/2C6H6O.C5H12O2/c2*7-6-4-2-1-3-5-6;1-5(2,3-6)4-7/h2*1-5,7H;6-7H,3-4H2,1-2H3. The third kappa shape index (κ3) is 11.5. The van der Waals surface area contributed by atoms with E-state index in [4.69, 9.17) is 20.4 Å². The van der Waals surface area contributed by atoms with Crippen molar-refractivity contribution in [1.82, 2.24) is 0 Å². The molecule has 2 rings (SSSR count). The molecule has 0 heterocycles. The van der Waals surface area contributed by atoms with Gasteiger partial charge in [0.1, 0.15) is 11.5 Å². The lowest BCUT2D eigenvalue weighted by molar-refractivity contribution is 0.0857. The van der Waals surface area contributed by atoms with Gasteiger partial charge in [0.25, 0.3) is 0 Å². The Morgan fingerprint density at radius 2 is 0.952 bits per heavy atom. The van der Waals surface area contributed by atoms with Crippen LogP contribution >= 0.6 is 0 Å². The molecule has 0 fully saturated rings. The van der Waals surface area contributed by atoms with Gasteiger partial charge < -0.3 is 20.4 Å². The monoisotopic (exact) mass is 292 g/mol. The van der Waals surface area contributed by atoms with E-state index in [1.54, 1.807) is 62.4 Å². The fraction of sp³-hybridized carbons (Fsp3) is 0.294. The number of aromatic hydroxyl groups is 2. The van der Waals surface area contributed by atoms with Gasteiger partial charge in [-0.2, -0.15) is 0 Å². The molecule has 21 heavy (non-hydrogen) atoms. The lowest BCUT2D eigenvalue weighted by atomic mass is 9.97. The van der Waals surface area contributed by atoms with Crippen molar-refractivity contribution in [1.29, 1.82) is 0 Å². The van der Waals surface area contributed by atoms with Crippen molar-refractivity contribution in [3.8, 4) is 11.5 Å². The Balaban J connectivity index is 0.000000286. The van der Waals surface area contributed by atoms with Crippen LogP contribution in [0.5, 0.6) is 11.5 Å². The summed E-state index contributed by atoms with van der Waals surface area (Å²) in [6.45, 7) is 3.69. The van der Waals surface area contributed by atoms with Crippen LogP contribution in [0.25, 0.3) is 0 Å². The molecular formula is C17H24O4. The predicted molar refractivity (Wildman–Crippen MR) is 84.2 cm³/mol. The maximum atomic E-state index is 8.63. The van der Waals surface area contributed by atoms with E-state index in [1.165, 1.54) is 0 Å². The van der Waals surface area contributed by atoms with Crippen LogP contribution < -0.4 is 0 Å². The van der Waals surface area contributed by atoms with E-state index in [2.05, 4.69) is 0 Å². The molecule has 4 N–H and O–H groups in total. The molecule has 0 bridgehead atoms. The van der Waals surface area contributed by atoms with Crippen molar-refractivity contribution in [3.63, 3.8) is 0 Å². The predicted octanol–water partition coefficient (Wildman–Crippen LogP) is 2.78. The number of rotatable bonds is 2. The molecule has 0 aliphatic heterocycles. The Morgan fingerprint density at radius 1 is 0.667 bits per heavy atom. The Labute approximate surface area is 126 Å². The molecule has 0 atom stereocenters. The molecule has 0 unspecified atom stereocenters. The average molecular weight is 292 g/mol. The van der Waals surface area contributed by atoms with E-state index in [-0.39, 0.29) is 18.6 Å². The Bertz CT molecular complexity index is 411. The summed E-state index contributed by atoms with van der Waals surface area (Å²) in [4.78, 5) is 0. The topological polar surface area (TPSA) is 80.9 Å². The summed E-state index contributed by atoms with van der Waals surface area (Å²) in [5.74, 6) is 0.644. The smallest absolute Gasteiger partial charge is 0.115 e. The summed E-state index contributed by atoms with van der Waals surface area (Å²) in [6.07, 6.45) is 0. The second kappa shape index (κ2) is 10.7. The van der Waals surface area contributed by atoms with Crippen LogP contribution in [-0.2, 0) is 0 Å². The molecule has 0 aromatic heterocycles. The van der Waals surface area contributed by atoms with E-state index in [9.17, 15) is 0 Å². The Hall–Kier alpha value is -2.04. The van der Waals surface area contributed by atoms with Gasteiger partial charge in [0.2, 0.25) is 0 Å². The van der Waals surface area contributed by atoms with Gasteiger partial charge in [0.15, 0.2) is 0 Å². The number of hydrogen-bond acceptors (Lipinski definition) is 4. The summed E-state index contributed by atoms with van der Waals surface area (Å²) in [6, 6.07) is 17.4. The maximum absolute atomic E-state index is 8.63. The molecule has 0 saturated carbocycles. The van der Waals surface area contributed by atoms with E-state index in [0.717, 1.165) is 0 Å². The first-order chi connectivity index (χ1) is 9.91. The number of aliphatic hydroxyl groups is 2. The van der Waals surface area contributed by atoms with Gasteiger partial charge in [0, 0.05) is 5.41 Å². The van der Waals surface area contributed by atoms with Gasteiger partial charge in [-0.05, 0) is 24.3 Å². The molecular weight excluding hydrogens is 268 g/mol. The minimum absolute atomic E-state index is 0.0451. The molecule has 0 saturated heterocycles. The summed E-state index contributed by atoms with van der Waals surface area (Å²) in [5.41, 5.74) is -0.306. The second-order valence-electron chi connectivity index (χ2n) is 5.15. The van der Waals surface area contributed by atoms with E-state index in [1.807, 2.05) is 12.1 Å². The molecule has 4 nitrogen and oxygen atoms in total. The second-order valence-corrected chi connectivity index (χ2v) is 5.15. The van der Waals surface area contributed by atoms with Gasteiger partial charge in [0.05, 0.1) is 13.2 Å². The van der Waals surface area contributed by atoms with Gasteiger partial charge in [-0.3, -0.25) is 0 Å². The van der Waals surface area contributed by atoms with Crippen molar-refractivity contribution in [2.45, 2.75) is 13.8 Å². The number of phenols is 2. The Kier molecular flexibility index (Phi) is 9.67. The van der Waals surface area contributed by atoms with Gasteiger partial charge >= 0.3 is 0 Å².